The number of aromatic nitrogens is 3. The van der Waals surface area contributed by atoms with E-state index in [1.54, 1.807) is 12.1 Å². The molecule has 0 atom stereocenters. The van der Waals surface area contributed by atoms with Gasteiger partial charge in [-0.05, 0) is 29.8 Å². The Morgan fingerprint density at radius 1 is 1.22 bits per heavy atom. The van der Waals surface area contributed by atoms with Crippen LogP contribution >= 0.6 is 11.6 Å². The Hall–Kier alpha value is -2.59. The minimum atomic E-state index is -4.50. The summed E-state index contributed by atoms with van der Waals surface area (Å²) in [6.07, 6.45) is -3.10. The van der Waals surface area contributed by atoms with Crippen LogP contribution in [-0.2, 0) is 12.7 Å². The molecule has 23 heavy (non-hydrogen) atoms. The van der Waals surface area contributed by atoms with Crippen LogP contribution in [0.25, 0.3) is 15.9 Å². The molecule has 0 spiro atoms. The van der Waals surface area contributed by atoms with Gasteiger partial charge in [0.2, 0.25) is 11.0 Å². The van der Waals surface area contributed by atoms with Gasteiger partial charge in [-0.15, -0.1) is 0 Å². The van der Waals surface area contributed by atoms with E-state index in [-0.39, 0.29) is 22.9 Å². The number of imidazole rings is 1. The first-order valence-electron chi connectivity index (χ1n) is 6.44. The van der Waals surface area contributed by atoms with Crippen molar-refractivity contribution in [2.75, 3.05) is 0 Å². The van der Waals surface area contributed by atoms with E-state index in [0.717, 1.165) is 6.07 Å². The van der Waals surface area contributed by atoms with Gasteiger partial charge in [0.15, 0.2) is 0 Å². The van der Waals surface area contributed by atoms with Crippen LogP contribution in [0.1, 0.15) is 11.3 Å². The number of rotatable bonds is 2. The molecule has 0 N–H and O–H groups in total. The summed E-state index contributed by atoms with van der Waals surface area (Å²) in [7, 11) is 0. The molecule has 4 nitrogen and oxygen atoms in total. The first kappa shape index (κ1) is 15.3. The molecule has 0 unspecified atom stereocenters. The second-order valence-corrected chi connectivity index (χ2v) is 5.10. The van der Waals surface area contributed by atoms with Crippen LogP contribution in [0.2, 0.25) is 5.28 Å². The maximum atomic E-state index is 13.0. The van der Waals surface area contributed by atoms with E-state index in [1.807, 2.05) is 0 Å². The van der Waals surface area contributed by atoms with E-state index in [1.165, 1.54) is 22.9 Å². The van der Waals surface area contributed by atoms with Gasteiger partial charge in [-0.1, -0.05) is 12.1 Å². The number of hydrogen-bond acceptors (Lipinski definition) is 2. The van der Waals surface area contributed by atoms with Crippen molar-refractivity contribution in [3.05, 3.63) is 64.5 Å². The van der Waals surface area contributed by atoms with E-state index >= 15 is 0 Å². The second-order valence-electron chi connectivity index (χ2n) is 4.76. The maximum absolute atomic E-state index is 13.0. The van der Waals surface area contributed by atoms with E-state index in [4.69, 9.17) is 18.2 Å². The van der Waals surface area contributed by atoms with Crippen molar-refractivity contribution in [1.29, 1.82) is 0 Å². The number of halogens is 4. The van der Waals surface area contributed by atoms with Gasteiger partial charge in [-0.2, -0.15) is 13.2 Å². The molecule has 2 aromatic heterocycles. The minimum absolute atomic E-state index is 0.0484. The molecule has 0 aliphatic carbocycles. The van der Waals surface area contributed by atoms with Crippen molar-refractivity contribution < 1.29 is 13.2 Å². The molecule has 0 radical (unpaired) electrons. The monoisotopic (exact) mass is 336 g/mol. The Labute approximate surface area is 134 Å². The highest BCUT2D eigenvalue weighted by Gasteiger charge is 2.34. The summed E-state index contributed by atoms with van der Waals surface area (Å²) >= 11 is 6.01. The standard InChI is InChI=1S/C15H8ClF3N4/c1-20-9-5-6-10(21-7-9)8-23-12-4-2-3-11(15(17,18)19)13(12)22-14(23)16/h2-7H,8H2. The zero-order valence-electron chi connectivity index (χ0n) is 11.5. The van der Waals surface area contributed by atoms with Crippen LogP contribution in [0.5, 0.6) is 0 Å². The van der Waals surface area contributed by atoms with E-state index in [9.17, 15) is 13.2 Å². The van der Waals surface area contributed by atoms with Gasteiger partial charge in [0.25, 0.3) is 0 Å². The summed E-state index contributed by atoms with van der Waals surface area (Å²) in [6, 6.07) is 7.03. The Bertz CT molecular complexity index is 907. The number of benzene rings is 1. The summed E-state index contributed by atoms with van der Waals surface area (Å²) in [4.78, 5) is 11.2. The molecule has 0 saturated carbocycles. The van der Waals surface area contributed by atoms with Crippen molar-refractivity contribution >= 4 is 28.3 Å². The van der Waals surface area contributed by atoms with Gasteiger partial charge in [0.05, 0.1) is 29.9 Å². The largest absolute Gasteiger partial charge is 0.418 e. The SMILES string of the molecule is [C-]#[N+]c1ccc(Cn2c(Cl)nc3c(C(F)(F)F)cccc32)nc1. The molecule has 2 heterocycles. The lowest BCUT2D eigenvalue weighted by Crippen LogP contribution is -2.06. The third-order valence-electron chi connectivity index (χ3n) is 3.30. The molecule has 3 rings (SSSR count). The molecule has 0 fully saturated rings. The molecule has 0 bridgehead atoms. The molecular weight excluding hydrogens is 329 g/mol. The normalized spacial score (nSPS) is 11.6. The number of alkyl halides is 3. The number of fused-ring (bicyclic) bond motifs is 1. The van der Waals surface area contributed by atoms with Crippen LogP contribution in [0.4, 0.5) is 18.9 Å². The molecule has 0 amide bonds. The number of nitrogens with zero attached hydrogens (tertiary/aromatic N) is 4. The predicted molar refractivity (Wildman–Crippen MR) is 79.3 cm³/mol. The number of hydrogen-bond donors (Lipinski definition) is 0. The first-order chi connectivity index (χ1) is 10.9. The van der Waals surface area contributed by atoms with Crippen molar-refractivity contribution in [3.63, 3.8) is 0 Å². The summed E-state index contributed by atoms with van der Waals surface area (Å²) in [5, 5.41) is -0.0484. The van der Waals surface area contributed by atoms with Crippen LogP contribution in [0.15, 0.2) is 36.5 Å². The topological polar surface area (TPSA) is 35.1 Å². The average Bonchev–Trinajstić information content (AvgIpc) is 2.83. The Morgan fingerprint density at radius 2 is 2.00 bits per heavy atom. The maximum Gasteiger partial charge on any atom is 0.418 e. The minimum Gasteiger partial charge on any atom is -0.309 e. The summed E-state index contributed by atoms with van der Waals surface area (Å²) < 4.78 is 40.6. The van der Waals surface area contributed by atoms with E-state index in [2.05, 4.69) is 14.8 Å². The van der Waals surface area contributed by atoms with Crippen molar-refractivity contribution in [1.82, 2.24) is 14.5 Å². The molecule has 1 aromatic carbocycles. The summed E-state index contributed by atoms with van der Waals surface area (Å²) in [5.74, 6) is 0. The molecule has 8 heteroatoms. The molecular formula is C15H8ClF3N4. The molecule has 0 aliphatic rings. The van der Waals surface area contributed by atoms with Crippen LogP contribution < -0.4 is 0 Å². The fraction of sp³-hybridized carbons (Fsp3) is 0.133. The fourth-order valence-electron chi connectivity index (χ4n) is 2.24. The zero-order valence-corrected chi connectivity index (χ0v) is 12.2. The summed E-state index contributed by atoms with van der Waals surface area (Å²) in [5.41, 5.74) is 0.210. The van der Waals surface area contributed by atoms with Crippen molar-refractivity contribution in [2.45, 2.75) is 12.7 Å². The van der Waals surface area contributed by atoms with Crippen molar-refractivity contribution in [2.24, 2.45) is 0 Å². The van der Waals surface area contributed by atoms with Crippen LogP contribution in [-0.4, -0.2) is 14.5 Å². The van der Waals surface area contributed by atoms with Gasteiger partial charge in [0, 0.05) is 6.20 Å². The molecule has 0 aliphatic heterocycles. The fourth-order valence-corrected chi connectivity index (χ4v) is 2.47. The lowest BCUT2D eigenvalue weighted by atomic mass is 10.2. The highest BCUT2D eigenvalue weighted by Crippen LogP contribution is 2.35. The van der Waals surface area contributed by atoms with Gasteiger partial charge in [0.1, 0.15) is 5.52 Å². The highest BCUT2D eigenvalue weighted by atomic mass is 35.5. The molecule has 3 aromatic rings. The number of para-hydroxylation sites is 1. The predicted octanol–water partition coefficient (Wildman–Crippen LogP) is 4.70. The average molecular weight is 337 g/mol. The molecule has 116 valence electrons. The van der Waals surface area contributed by atoms with Crippen LogP contribution in [0, 0.1) is 6.57 Å². The second kappa shape index (κ2) is 5.56. The third kappa shape index (κ3) is 2.85. The summed E-state index contributed by atoms with van der Waals surface area (Å²) in [6.45, 7) is 7.04. The Kier molecular flexibility index (Phi) is 3.70. The van der Waals surface area contributed by atoms with Crippen molar-refractivity contribution in [3.8, 4) is 0 Å². The van der Waals surface area contributed by atoms with E-state index < -0.39 is 11.7 Å². The number of pyridine rings is 1. The lowest BCUT2D eigenvalue weighted by Gasteiger charge is -2.08. The van der Waals surface area contributed by atoms with Crippen LogP contribution in [0.3, 0.4) is 0 Å². The first-order valence-corrected chi connectivity index (χ1v) is 6.82. The van der Waals surface area contributed by atoms with Gasteiger partial charge in [-0.3, -0.25) is 4.98 Å². The van der Waals surface area contributed by atoms with Gasteiger partial charge in [-0.25, -0.2) is 9.83 Å². The smallest absolute Gasteiger partial charge is 0.309 e. The Morgan fingerprint density at radius 3 is 2.61 bits per heavy atom. The van der Waals surface area contributed by atoms with Gasteiger partial charge < -0.3 is 4.57 Å². The Balaban J connectivity index is 2.08. The quantitative estimate of drug-likeness (QED) is 0.636. The zero-order chi connectivity index (χ0) is 16.6. The molecule has 0 saturated heterocycles. The third-order valence-corrected chi connectivity index (χ3v) is 3.58. The highest BCUT2D eigenvalue weighted by molar-refractivity contribution is 6.29. The van der Waals surface area contributed by atoms with E-state index in [0.29, 0.717) is 11.4 Å². The van der Waals surface area contributed by atoms with Gasteiger partial charge >= 0.3 is 6.18 Å². The lowest BCUT2D eigenvalue weighted by molar-refractivity contribution is -0.136.